The van der Waals surface area contributed by atoms with E-state index in [2.05, 4.69) is 0 Å². The molecule has 0 fully saturated rings. The Morgan fingerprint density at radius 2 is 1.60 bits per heavy atom. The van der Waals surface area contributed by atoms with Crippen LogP contribution in [0.2, 0.25) is 0 Å². The highest BCUT2D eigenvalue weighted by molar-refractivity contribution is 6.02. The first-order valence-corrected chi connectivity index (χ1v) is 5.72. The molecule has 0 aliphatic carbocycles. The first-order chi connectivity index (χ1) is 9.53. The van der Waals surface area contributed by atoms with Gasteiger partial charge in [0.2, 0.25) is 5.75 Å². The lowest BCUT2D eigenvalue weighted by molar-refractivity contribution is 0.0696. The second kappa shape index (κ2) is 5.16. The number of phenolic OH excluding ortho intramolecular Hbond substituents is 1. The van der Waals surface area contributed by atoms with Gasteiger partial charge in [-0.05, 0) is 18.2 Å². The summed E-state index contributed by atoms with van der Waals surface area (Å²) in [5, 5.41) is 19.9. The SMILES string of the molecule is COc1cc2c(O)cc(C(=O)O)cc2c(OC)c1OC. The van der Waals surface area contributed by atoms with Crippen LogP contribution in [0.5, 0.6) is 23.0 Å². The van der Waals surface area contributed by atoms with Gasteiger partial charge < -0.3 is 24.4 Å². The summed E-state index contributed by atoms with van der Waals surface area (Å²) in [4.78, 5) is 11.1. The van der Waals surface area contributed by atoms with Gasteiger partial charge in [0.05, 0.1) is 26.9 Å². The minimum Gasteiger partial charge on any atom is -0.507 e. The van der Waals surface area contributed by atoms with Crippen LogP contribution in [0.15, 0.2) is 18.2 Å². The molecule has 0 saturated carbocycles. The predicted molar refractivity (Wildman–Crippen MR) is 72.2 cm³/mol. The summed E-state index contributed by atoms with van der Waals surface area (Å²) in [5.74, 6) is -0.280. The third kappa shape index (κ3) is 2.05. The van der Waals surface area contributed by atoms with Crippen LogP contribution in [-0.2, 0) is 0 Å². The lowest BCUT2D eigenvalue weighted by Gasteiger charge is -2.15. The number of ether oxygens (including phenoxy) is 3. The molecule has 2 N–H and O–H groups in total. The molecular weight excluding hydrogens is 264 g/mol. The highest BCUT2D eigenvalue weighted by atomic mass is 16.5. The second-order valence-electron chi connectivity index (χ2n) is 4.04. The maximum absolute atomic E-state index is 11.1. The van der Waals surface area contributed by atoms with Crippen LogP contribution in [0.3, 0.4) is 0 Å². The number of carboxylic acids is 1. The number of hydrogen-bond donors (Lipinski definition) is 2. The topological polar surface area (TPSA) is 85.2 Å². The maximum Gasteiger partial charge on any atom is 0.335 e. The monoisotopic (exact) mass is 278 g/mol. The van der Waals surface area contributed by atoms with E-state index in [-0.39, 0.29) is 11.3 Å². The van der Waals surface area contributed by atoms with Crippen molar-refractivity contribution in [3.63, 3.8) is 0 Å². The van der Waals surface area contributed by atoms with E-state index in [1.165, 1.54) is 33.5 Å². The van der Waals surface area contributed by atoms with E-state index in [1.54, 1.807) is 6.07 Å². The molecule has 2 aromatic carbocycles. The Labute approximate surface area is 115 Å². The van der Waals surface area contributed by atoms with Gasteiger partial charge in [0.15, 0.2) is 11.5 Å². The minimum atomic E-state index is -1.14. The molecule has 6 nitrogen and oxygen atoms in total. The summed E-state index contributed by atoms with van der Waals surface area (Å²) in [6.45, 7) is 0. The number of carboxylic acid groups (broad SMARTS) is 1. The van der Waals surface area contributed by atoms with Crippen molar-refractivity contribution in [3.05, 3.63) is 23.8 Å². The lowest BCUT2D eigenvalue weighted by atomic mass is 10.0. The molecule has 0 saturated heterocycles. The molecule has 0 amide bonds. The van der Waals surface area contributed by atoms with Gasteiger partial charge in [-0.15, -0.1) is 0 Å². The van der Waals surface area contributed by atoms with E-state index in [1.807, 2.05) is 0 Å². The Morgan fingerprint density at radius 3 is 2.10 bits per heavy atom. The van der Waals surface area contributed by atoms with Gasteiger partial charge in [-0.2, -0.15) is 0 Å². The number of carbonyl (C=O) groups is 1. The van der Waals surface area contributed by atoms with Crippen LogP contribution >= 0.6 is 0 Å². The molecule has 0 unspecified atom stereocenters. The van der Waals surface area contributed by atoms with Crippen molar-refractivity contribution in [3.8, 4) is 23.0 Å². The Bertz CT molecular complexity index is 677. The molecule has 0 aliphatic heterocycles. The van der Waals surface area contributed by atoms with Crippen molar-refractivity contribution < 1.29 is 29.2 Å². The Hall–Kier alpha value is -2.63. The molecule has 2 rings (SSSR count). The van der Waals surface area contributed by atoms with Crippen LogP contribution in [0.4, 0.5) is 0 Å². The highest BCUT2D eigenvalue weighted by Gasteiger charge is 2.19. The van der Waals surface area contributed by atoms with Crippen molar-refractivity contribution in [1.29, 1.82) is 0 Å². The first-order valence-electron chi connectivity index (χ1n) is 5.72. The molecule has 0 radical (unpaired) electrons. The molecule has 0 atom stereocenters. The van der Waals surface area contributed by atoms with Crippen molar-refractivity contribution >= 4 is 16.7 Å². The average molecular weight is 278 g/mol. The predicted octanol–water partition coefficient (Wildman–Crippen LogP) is 2.27. The summed E-state index contributed by atoms with van der Waals surface area (Å²) in [6, 6.07) is 4.16. The molecule has 20 heavy (non-hydrogen) atoms. The number of aromatic carboxylic acids is 1. The van der Waals surface area contributed by atoms with Crippen LogP contribution in [0.25, 0.3) is 10.8 Å². The van der Waals surface area contributed by atoms with Crippen molar-refractivity contribution in [2.75, 3.05) is 21.3 Å². The zero-order valence-electron chi connectivity index (χ0n) is 11.3. The summed E-state index contributed by atoms with van der Waals surface area (Å²) in [5.41, 5.74) is -0.0412. The number of rotatable bonds is 4. The quantitative estimate of drug-likeness (QED) is 0.892. The normalized spacial score (nSPS) is 10.3. The summed E-state index contributed by atoms with van der Waals surface area (Å²) < 4.78 is 15.7. The zero-order valence-corrected chi connectivity index (χ0v) is 11.3. The lowest BCUT2D eigenvalue weighted by Crippen LogP contribution is -1.99. The summed E-state index contributed by atoms with van der Waals surface area (Å²) in [6.07, 6.45) is 0. The highest BCUT2D eigenvalue weighted by Crippen LogP contribution is 2.45. The fraction of sp³-hybridized carbons (Fsp3) is 0.214. The van der Waals surface area contributed by atoms with E-state index in [4.69, 9.17) is 19.3 Å². The number of hydrogen-bond acceptors (Lipinski definition) is 5. The van der Waals surface area contributed by atoms with Crippen molar-refractivity contribution in [1.82, 2.24) is 0 Å². The third-order valence-electron chi connectivity index (χ3n) is 2.98. The molecule has 0 aromatic heterocycles. The fourth-order valence-electron chi connectivity index (χ4n) is 2.08. The molecule has 0 bridgehead atoms. The van der Waals surface area contributed by atoms with Crippen LogP contribution in [0, 0.1) is 0 Å². The third-order valence-corrected chi connectivity index (χ3v) is 2.98. The smallest absolute Gasteiger partial charge is 0.335 e. The van der Waals surface area contributed by atoms with Gasteiger partial charge in [0.25, 0.3) is 0 Å². The van der Waals surface area contributed by atoms with Gasteiger partial charge in [-0.1, -0.05) is 0 Å². The van der Waals surface area contributed by atoms with E-state index < -0.39 is 5.97 Å². The van der Waals surface area contributed by atoms with Gasteiger partial charge in [-0.25, -0.2) is 4.79 Å². The van der Waals surface area contributed by atoms with Crippen LogP contribution in [-0.4, -0.2) is 37.5 Å². The Balaban J connectivity index is 2.92. The van der Waals surface area contributed by atoms with Gasteiger partial charge >= 0.3 is 5.97 Å². The Kier molecular flexibility index (Phi) is 3.56. The van der Waals surface area contributed by atoms with Gasteiger partial charge in [0, 0.05) is 10.8 Å². The second-order valence-corrected chi connectivity index (χ2v) is 4.04. The minimum absolute atomic E-state index is 0.0412. The van der Waals surface area contributed by atoms with E-state index >= 15 is 0 Å². The van der Waals surface area contributed by atoms with Gasteiger partial charge in [0.1, 0.15) is 5.75 Å². The van der Waals surface area contributed by atoms with Crippen LogP contribution < -0.4 is 14.2 Å². The van der Waals surface area contributed by atoms with Crippen molar-refractivity contribution in [2.24, 2.45) is 0 Å². The fourth-order valence-corrected chi connectivity index (χ4v) is 2.08. The average Bonchev–Trinajstić information content (AvgIpc) is 2.44. The van der Waals surface area contributed by atoms with Crippen LogP contribution in [0.1, 0.15) is 10.4 Å². The molecule has 106 valence electrons. The van der Waals surface area contributed by atoms with Crippen molar-refractivity contribution in [2.45, 2.75) is 0 Å². The van der Waals surface area contributed by atoms with E-state index in [0.717, 1.165) is 0 Å². The largest absolute Gasteiger partial charge is 0.507 e. The maximum atomic E-state index is 11.1. The number of methoxy groups -OCH3 is 3. The number of fused-ring (bicyclic) bond motifs is 1. The first kappa shape index (κ1) is 13.8. The summed E-state index contributed by atoms with van der Waals surface area (Å²) in [7, 11) is 4.35. The van der Waals surface area contributed by atoms with E-state index in [9.17, 15) is 9.90 Å². The Morgan fingerprint density at radius 1 is 0.950 bits per heavy atom. The molecule has 2 aromatic rings. The molecule has 0 aliphatic rings. The molecular formula is C14H14O6. The summed E-state index contributed by atoms with van der Waals surface area (Å²) >= 11 is 0. The van der Waals surface area contributed by atoms with Gasteiger partial charge in [-0.3, -0.25) is 0 Å². The molecule has 0 heterocycles. The number of benzene rings is 2. The number of phenols is 1. The van der Waals surface area contributed by atoms with E-state index in [0.29, 0.717) is 28.0 Å². The number of aromatic hydroxyl groups is 1. The standard InChI is InChI=1S/C14H14O6/c1-18-11-6-8-9(12(19-2)13(11)20-3)4-7(14(16)17)5-10(8)15/h4-6,15H,1-3H3,(H,16,17). The zero-order chi connectivity index (χ0) is 14.9. The molecule has 0 spiro atoms. The molecule has 6 heteroatoms.